The first kappa shape index (κ1) is 19.9. The number of ether oxygens (including phenoxy) is 1. The molecule has 1 fully saturated rings. The monoisotopic (exact) mass is 415 g/mol. The molecule has 0 bridgehead atoms. The van der Waals surface area contributed by atoms with Gasteiger partial charge in [-0.05, 0) is 57.5 Å². The number of carbonyl (C=O) groups excluding carboxylic acids is 1. The van der Waals surface area contributed by atoms with Crippen LogP contribution in [0.3, 0.4) is 0 Å². The summed E-state index contributed by atoms with van der Waals surface area (Å²) in [6, 6.07) is 10.7. The van der Waals surface area contributed by atoms with Crippen LogP contribution in [0.2, 0.25) is 0 Å². The van der Waals surface area contributed by atoms with Gasteiger partial charge in [0.2, 0.25) is 15.7 Å². The molecule has 0 spiro atoms. The summed E-state index contributed by atoms with van der Waals surface area (Å²) in [4.78, 5) is 14.4. The van der Waals surface area contributed by atoms with E-state index in [0.717, 1.165) is 12.0 Å². The second kappa shape index (κ2) is 6.85. The quantitative estimate of drug-likeness (QED) is 0.833. The van der Waals surface area contributed by atoms with Crippen molar-refractivity contribution in [3.8, 4) is 5.75 Å². The maximum atomic E-state index is 13.1. The zero-order chi connectivity index (χ0) is 21.0. The highest BCUT2D eigenvalue weighted by molar-refractivity contribution is 7.91. The van der Waals surface area contributed by atoms with Crippen molar-refractivity contribution in [2.45, 2.75) is 61.2 Å². The van der Waals surface area contributed by atoms with E-state index in [2.05, 4.69) is 0 Å². The lowest BCUT2D eigenvalue weighted by molar-refractivity contribution is -0.139. The zero-order valence-corrected chi connectivity index (χ0v) is 17.6. The third-order valence-electron chi connectivity index (χ3n) is 5.77. The van der Waals surface area contributed by atoms with Crippen LogP contribution in [0.1, 0.15) is 43.9 Å². The summed E-state index contributed by atoms with van der Waals surface area (Å²) in [6.45, 7) is 5.97. The highest BCUT2D eigenvalue weighted by Crippen LogP contribution is 2.45. The molecule has 2 aromatic carbocycles. The molecule has 0 aromatic heterocycles. The Bertz CT molecular complexity index is 1060. The number of rotatable bonds is 3. The van der Waals surface area contributed by atoms with Crippen LogP contribution in [0.4, 0.5) is 0 Å². The smallest absolute Gasteiger partial charge is 0.223 e. The minimum atomic E-state index is -3.74. The Hall–Kier alpha value is -2.38. The van der Waals surface area contributed by atoms with Crippen LogP contribution in [0.5, 0.6) is 5.75 Å². The van der Waals surface area contributed by atoms with Crippen LogP contribution >= 0.6 is 0 Å². The van der Waals surface area contributed by atoms with Crippen molar-refractivity contribution in [2.24, 2.45) is 0 Å². The number of benzene rings is 2. The number of likely N-dealkylation sites (tertiary alicyclic amines) is 1. The number of hydrogen-bond acceptors (Lipinski definition) is 5. The molecule has 2 aromatic rings. The Morgan fingerprint density at radius 1 is 1.10 bits per heavy atom. The molecule has 0 saturated carbocycles. The van der Waals surface area contributed by atoms with Gasteiger partial charge in [-0.1, -0.05) is 17.7 Å². The van der Waals surface area contributed by atoms with Gasteiger partial charge in [0.1, 0.15) is 17.5 Å². The number of hydrogen-bond donors (Lipinski definition) is 1. The van der Waals surface area contributed by atoms with E-state index in [1.807, 2.05) is 6.92 Å². The molecule has 2 aliphatic rings. The largest absolute Gasteiger partial charge is 0.485 e. The van der Waals surface area contributed by atoms with Crippen molar-refractivity contribution in [2.75, 3.05) is 6.54 Å². The van der Waals surface area contributed by atoms with Crippen molar-refractivity contribution in [1.82, 2.24) is 4.90 Å². The van der Waals surface area contributed by atoms with Crippen molar-refractivity contribution in [3.63, 3.8) is 0 Å². The van der Waals surface area contributed by atoms with E-state index in [9.17, 15) is 18.3 Å². The second-order valence-electron chi connectivity index (χ2n) is 8.30. The first-order valence-corrected chi connectivity index (χ1v) is 11.2. The number of amides is 1. The summed E-state index contributed by atoms with van der Waals surface area (Å²) < 4.78 is 32.3. The van der Waals surface area contributed by atoms with Crippen LogP contribution in [0.25, 0.3) is 0 Å². The molecule has 2 heterocycles. The number of aryl methyl sites for hydroxylation is 1. The third-order valence-corrected chi connectivity index (χ3v) is 7.54. The highest BCUT2D eigenvalue weighted by atomic mass is 32.2. The molecule has 1 N–H and O–H groups in total. The summed E-state index contributed by atoms with van der Waals surface area (Å²) in [5, 5.41) is 11.0. The Labute approximate surface area is 171 Å². The van der Waals surface area contributed by atoms with Gasteiger partial charge in [-0.15, -0.1) is 0 Å². The van der Waals surface area contributed by atoms with Gasteiger partial charge >= 0.3 is 0 Å². The fourth-order valence-corrected chi connectivity index (χ4v) is 5.36. The molecule has 154 valence electrons. The van der Waals surface area contributed by atoms with E-state index in [1.165, 1.54) is 6.07 Å². The van der Waals surface area contributed by atoms with Crippen molar-refractivity contribution in [3.05, 3.63) is 53.6 Å². The van der Waals surface area contributed by atoms with E-state index in [-0.39, 0.29) is 15.7 Å². The number of fused-ring (bicyclic) bond motifs is 1. The summed E-state index contributed by atoms with van der Waals surface area (Å²) in [7, 11) is -3.74. The van der Waals surface area contributed by atoms with Crippen molar-refractivity contribution in [1.29, 1.82) is 0 Å². The SMILES string of the molecule is Cc1ccc(S(=O)(=O)c2ccc3c(c2)C(N2CCCC2=O)C(O)C(C)(C)O3)cc1. The molecule has 1 amide bonds. The standard InChI is InChI=1S/C22H25NO5S/c1-14-6-8-15(9-7-14)29(26,27)16-10-11-18-17(13-16)20(21(25)22(2,3)28-18)23-12-4-5-19(23)24/h6-11,13,20-21,25H,4-5,12H2,1-3H3. The molecule has 2 atom stereocenters. The zero-order valence-electron chi connectivity index (χ0n) is 16.8. The minimum absolute atomic E-state index is 0.0375. The number of aliphatic hydroxyl groups is 1. The van der Waals surface area contributed by atoms with Crippen LogP contribution in [-0.2, 0) is 14.6 Å². The summed E-state index contributed by atoms with van der Waals surface area (Å²) >= 11 is 0. The summed E-state index contributed by atoms with van der Waals surface area (Å²) in [5.74, 6) is 0.456. The number of aliphatic hydroxyl groups excluding tert-OH is 1. The molecule has 2 unspecified atom stereocenters. The van der Waals surface area contributed by atoms with Gasteiger partial charge in [0.15, 0.2) is 0 Å². The van der Waals surface area contributed by atoms with Gasteiger partial charge in [-0.3, -0.25) is 4.79 Å². The molecule has 0 aliphatic carbocycles. The molecular weight excluding hydrogens is 390 g/mol. The van der Waals surface area contributed by atoms with Crippen LogP contribution < -0.4 is 4.74 Å². The predicted molar refractivity (Wildman–Crippen MR) is 107 cm³/mol. The van der Waals surface area contributed by atoms with Crippen LogP contribution in [0, 0.1) is 6.92 Å². The third kappa shape index (κ3) is 3.32. The summed E-state index contributed by atoms with van der Waals surface area (Å²) in [5.41, 5.74) is 0.596. The van der Waals surface area contributed by atoms with E-state index in [4.69, 9.17) is 4.74 Å². The Balaban J connectivity index is 1.83. The number of carbonyl (C=O) groups is 1. The average molecular weight is 416 g/mol. The first-order chi connectivity index (χ1) is 13.6. The van der Waals surface area contributed by atoms with Gasteiger partial charge in [0, 0.05) is 18.5 Å². The predicted octanol–water partition coefficient (Wildman–Crippen LogP) is 3.02. The van der Waals surface area contributed by atoms with Crippen molar-refractivity contribution >= 4 is 15.7 Å². The topological polar surface area (TPSA) is 83.9 Å². The summed E-state index contributed by atoms with van der Waals surface area (Å²) in [6.07, 6.45) is 0.177. The van der Waals surface area contributed by atoms with E-state index < -0.39 is 27.6 Å². The van der Waals surface area contributed by atoms with Crippen molar-refractivity contribution < 1.29 is 23.1 Å². The lowest BCUT2D eigenvalue weighted by Crippen LogP contribution is -2.53. The van der Waals surface area contributed by atoms with Gasteiger partial charge in [-0.2, -0.15) is 0 Å². The fraction of sp³-hybridized carbons (Fsp3) is 0.409. The second-order valence-corrected chi connectivity index (χ2v) is 10.3. The first-order valence-electron chi connectivity index (χ1n) is 9.73. The molecule has 6 nitrogen and oxygen atoms in total. The molecule has 2 aliphatic heterocycles. The Kier molecular flexibility index (Phi) is 4.70. The Morgan fingerprint density at radius 2 is 1.76 bits per heavy atom. The van der Waals surface area contributed by atoms with Crippen LogP contribution in [0.15, 0.2) is 52.3 Å². The number of sulfone groups is 1. The molecule has 0 radical (unpaired) electrons. The fourth-order valence-electron chi connectivity index (χ4n) is 4.07. The lowest BCUT2D eigenvalue weighted by atomic mass is 9.85. The normalized spacial score (nSPS) is 23.6. The van der Waals surface area contributed by atoms with E-state index in [0.29, 0.717) is 24.3 Å². The van der Waals surface area contributed by atoms with Gasteiger partial charge in [-0.25, -0.2) is 8.42 Å². The van der Waals surface area contributed by atoms with Gasteiger partial charge < -0.3 is 14.7 Å². The van der Waals surface area contributed by atoms with Crippen LogP contribution in [-0.4, -0.2) is 42.6 Å². The molecular formula is C22H25NO5S. The molecule has 29 heavy (non-hydrogen) atoms. The van der Waals surface area contributed by atoms with Gasteiger partial charge in [0.25, 0.3) is 0 Å². The highest BCUT2D eigenvalue weighted by Gasteiger charge is 2.47. The molecule has 7 heteroatoms. The molecule has 4 rings (SSSR count). The Morgan fingerprint density at radius 3 is 2.38 bits per heavy atom. The lowest BCUT2D eigenvalue weighted by Gasteiger charge is -2.45. The minimum Gasteiger partial charge on any atom is -0.485 e. The van der Waals surface area contributed by atoms with E-state index in [1.54, 1.807) is 55.1 Å². The number of nitrogens with zero attached hydrogens (tertiary/aromatic N) is 1. The maximum Gasteiger partial charge on any atom is 0.223 e. The molecule has 1 saturated heterocycles. The van der Waals surface area contributed by atoms with E-state index >= 15 is 0 Å². The maximum absolute atomic E-state index is 13.1. The van der Waals surface area contributed by atoms with Gasteiger partial charge in [0.05, 0.1) is 15.8 Å². The average Bonchev–Trinajstić information content (AvgIpc) is 3.08.